The van der Waals surface area contributed by atoms with Crippen molar-refractivity contribution in [3.05, 3.63) is 28.7 Å². The largest absolute Gasteiger partial charge is 0.417 e. The number of oxazole rings is 1. The molecule has 8 heteroatoms. The quantitative estimate of drug-likeness (QED) is 0.856. The van der Waals surface area contributed by atoms with E-state index in [1.165, 1.54) is 10.6 Å². The average Bonchev–Trinajstić information content (AvgIpc) is 2.77. The zero-order valence-corrected chi connectivity index (χ0v) is 11.8. The monoisotopic (exact) mass is 297 g/mol. The summed E-state index contributed by atoms with van der Waals surface area (Å²) in [6.07, 6.45) is 1.23. The first kappa shape index (κ1) is 13.2. The highest BCUT2D eigenvalue weighted by molar-refractivity contribution is 7.88. The molecule has 0 spiro atoms. The highest BCUT2D eigenvalue weighted by Crippen LogP contribution is 2.21. The predicted octanol–water partition coefficient (Wildman–Crippen LogP) is 0.203. The van der Waals surface area contributed by atoms with E-state index in [2.05, 4.69) is 9.88 Å². The molecule has 2 aromatic rings. The molecule has 20 heavy (non-hydrogen) atoms. The Morgan fingerprint density at radius 1 is 1.20 bits per heavy atom. The molecule has 1 fully saturated rings. The number of nitrogens with one attached hydrogen (secondary N) is 1. The number of nitrogens with zero attached hydrogens (tertiary/aromatic N) is 2. The fraction of sp³-hybridized carbons (Fsp3) is 0.417. The van der Waals surface area contributed by atoms with E-state index >= 15 is 0 Å². The summed E-state index contributed by atoms with van der Waals surface area (Å²) in [5.74, 6) is -0.473. The number of fused-ring (bicyclic) bond motifs is 1. The smallest absolute Gasteiger partial charge is 0.408 e. The van der Waals surface area contributed by atoms with Crippen molar-refractivity contribution in [3.8, 4) is 0 Å². The lowest BCUT2D eigenvalue weighted by Gasteiger charge is -2.34. The molecule has 0 unspecified atom stereocenters. The van der Waals surface area contributed by atoms with Crippen molar-refractivity contribution in [2.75, 3.05) is 37.3 Å². The first-order chi connectivity index (χ1) is 9.43. The molecule has 1 aromatic carbocycles. The van der Waals surface area contributed by atoms with Crippen LogP contribution in [-0.2, 0) is 10.0 Å². The van der Waals surface area contributed by atoms with Crippen LogP contribution in [0.25, 0.3) is 11.1 Å². The number of benzene rings is 1. The van der Waals surface area contributed by atoms with Gasteiger partial charge in [0, 0.05) is 37.9 Å². The molecule has 0 atom stereocenters. The lowest BCUT2D eigenvalue weighted by Crippen LogP contribution is -2.48. The molecule has 0 amide bonds. The van der Waals surface area contributed by atoms with Crippen LogP contribution >= 0.6 is 0 Å². The average molecular weight is 297 g/mol. The topological polar surface area (TPSA) is 86.6 Å². The van der Waals surface area contributed by atoms with Crippen LogP contribution in [0.3, 0.4) is 0 Å². The van der Waals surface area contributed by atoms with Gasteiger partial charge in [0.25, 0.3) is 0 Å². The highest BCUT2D eigenvalue weighted by Gasteiger charge is 2.23. The van der Waals surface area contributed by atoms with Gasteiger partial charge in [-0.2, -0.15) is 4.31 Å². The molecule has 1 saturated heterocycles. The van der Waals surface area contributed by atoms with Gasteiger partial charge in [-0.25, -0.2) is 13.2 Å². The summed E-state index contributed by atoms with van der Waals surface area (Å²) in [6, 6.07) is 5.48. The van der Waals surface area contributed by atoms with Gasteiger partial charge in [-0.05, 0) is 12.1 Å². The number of H-pyrrole nitrogens is 1. The predicted molar refractivity (Wildman–Crippen MR) is 75.5 cm³/mol. The molecule has 0 saturated carbocycles. The highest BCUT2D eigenvalue weighted by atomic mass is 32.2. The molecule has 1 aliphatic heterocycles. The first-order valence-electron chi connectivity index (χ1n) is 6.26. The van der Waals surface area contributed by atoms with Crippen LogP contribution in [0.5, 0.6) is 0 Å². The normalized spacial score (nSPS) is 17.8. The second kappa shape index (κ2) is 4.64. The van der Waals surface area contributed by atoms with Crippen molar-refractivity contribution >= 4 is 26.8 Å². The van der Waals surface area contributed by atoms with Crippen molar-refractivity contribution in [1.29, 1.82) is 0 Å². The second-order valence-electron chi connectivity index (χ2n) is 4.84. The second-order valence-corrected chi connectivity index (χ2v) is 6.83. The van der Waals surface area contributed by atoms with Gasteiger partial charge in [-0.3, -0.25) is 4.98 Å². The van der Waals surface area contributed by atoms with E-state index in [9.17, 15) is 13.2 Å². The fourth-order valence-corrected chi connectivity index (χ4v) is 3.24. The number of aromatic amines is 1. The number of hydrogen-bond acceptors (Lipinski definition) is 5. The Hall–Kier alpha value is -1.80. The van der Waals surface area contributed by atoms with Crippen LogP contribution in [0.1, 0.15) is 0 Å². The third kappa shape index (κ3) is 2.44. The van der Waals surface area contributed by atoms with Crippen LogP contribution in [-0.4, -0.2) is 50.1 Å². The summed E-state index contributed by atoms with van der Waals surface area (Å²) in [4.78, 5) is 15.8. The minimum atomic E-state index is -3.12. The molecule has 0 radical (unpaired) electrons. The number of piperazine rings is 1. The molecule has 0 bridgehead atoms. The number of anilines is 1. The Bertz CT molecular complexity index is 784. The van der Waals surface area contributed by atoms with E-state index in [1.807, 2.05) is 6.07 Å². The fourth-order valence-electron chi connectivity index (χ4n) is 2.41. The molecule has 3 rings (SSSR count). The van der Waals surface area contributed by atoms with Gasteiger partial charge in [-0.1, -0.05) is 0 Å². The zero-order chi connectivity index (χ0) is 14.3. The summed E-state index contributed by atoms with van der Waals surface area (Å²) < 4.78 is 29.4. The Labute approximate surface area is 115 Å². The number of hydrogen-bond donors (Lipinski definition) is 1. The zero-order valence-electron chi connectivity index (χ0n) is 11.0. The molecular formula is C12H15N3O4S. The summed E-state index contributed by atoms with van der Waals surface area (Å²) in [7, 11) is -3.12. The van der Waals surface area contributed by atoms with Crippen LogP contribution in [0.4, 0.5) is 5.69 Å². The van der Waals surface area contributed by atoms with E-state index < -0.39 is 15.8 Å². The van der Waals surface area contributed by atoms with Gasteiger partial charge in [-0.15, -0.1) is 0 Å². The summed E-state index contributed by atoms with van der Waals surface area (Å²) in [6.45, 7) is 2.17. The van der Waals surface area contributed by atoms with Gasteiger partial charge in [0.2, 0.25) is 10.0 Å². The molecular weight excluding hydrogens is 282 g/mol. The Balaban J connectivity index is 1.81. The third-order valence-corrected chi connectivity index (χ3v) is 4.78. The van der Waals surface area contributed by atoms with Crippen molar-refractivity contribution in [1.82, 2.24) is 9.29 Å². The Kier molecular flexibility index (Phi) is 3.06. The van der Waals surface area contributed by atoms with E-state index in [1.54, 1.807) is 12.1 Å². The summed E-state index contributed by atoms with van der Waals surface area (Å²) in [5.41, 5.74) is 2.10. The molecule has 1 N–H and O–H groups in total. The lowest BCUT2D eigenvalue weighted by molar-refractivity contribution is 0.388. The molecule has 2 heterocycles. The number of sulfonamides is 1. The maximum absolute atomic E-state index is 11.5. The SMILES string of the molecule is CS(=O)(=O)N1CCN(c2ccc3[nH]c(=O)oc3c2)CC1. The van der Waals surface area contributed by atoms with Crippen molar-refractivity contribution < 1.29 is 12.8 Å². The van der Waals surface area contributed by atoms with E-state index in [0.29, 0.717) is 37.3 Å². The maximum atomic E-state index is 11.5. The van der Waals surface area contributed by atoms with Gasteiger partial charge in [0.15, 0.2) is 5.58 Å². The molecule has 7 nitrogen and oxygen atoms in total. The van der Waals surface area contributed by atoms with Gasteiger partial charge in [0.05, 0.1) is 11.8 Å². The van der Waals surface area contributed by atoms with Crippen molar-refractivity contribution in [3.63, 3.8) is 0 Å². The van der Waals surface area contributed by atoms with Crippen LogP contribution in [0, 0.1) is 0 Å². The summed E-state index contributed by atoms with van der Waals surface area (Å²) in [5, 5.41) is 0. The van der Waals surface area contributed by atoms with Crippen molar-refractivity contribution in [2.45, 2.75) is 0 Å². The Morgan fingerprint density at radius 3 is 2.55 bits per heavy atom. The van der Waals surface area contributed by atoms with Crippen molar-refractivity contribution in [2.24, 2.45) is 0 Å². The van der Waals surface area contributed by atoms with E-state index in [4.69, 9.17) is 4.42 Å². The van der Waals surface area contributed by atoms with Gasteiger partial charge in [0.1, 0.15) is 0 Å². The molecule has 0 aliphatic carbocycles. The lowest BCUT2D eigenvalue weighted by atomic mass is 10.2. The third-order valence-electron chi connectivity index (χ3n) is 3.48. The summed E-state index contributed by atoms with van der Waals surface area (Å²) >= 11 is 0. The van der Waals surface area contributed by atoms with Gasteiger partial charge >= 0.3 is 5.76 Å². The standard InChI is InChI=1S/C12H15N3O4S/c1-20(17,18)15-6-4-14(5-7-15)9-2-3-10-11(8-9)19-12(16)13-10/h2-3,8H,4-7H2,1H3,(H,13,16). The Morgan fingerprint density at radius 2 is 1.90 bits per heavy atom. The molecule has 1 aromatic heterocycles. The first-order valence-corrected chi connectivity index (χ1v) is 8.11. The van der Waals surface area contributed by atoms with Crippen LogP contribution < -0.4 is 10.7 Å². The molecule has 1 aliphatic rings. The number of rotatable bonds is 2. The van der Waals surface area contributed by atoms with Crippen LogP contribution in [0.2, 0.25) is 0 Å². The minimum absolute atomic E-state index is 0.466. The minimum Gasteiger partial charge on any atom is -0.408 e. The van der Waals surface area contributed by atoms with E-state index in [-0.39, 0.29) is 0 Å². The molecule has 108 valence electrons. The number of aromatic nitrogens is 1. The van der Waals surface area contributed by atoms with Gasteiger partial charge < -0.3 is 9.32 Å². The van der Waals surface area contributed by atoms with E-state index in [0.717, 1.165) is 5.69 Å². The maximum Gasteiger partial charge on any atom is 0.417 e. The van der Waals surface area contributed by atoms with Crippen LogP contribution in [0.15, 0.2) is 27.4 Å².